The van der Waals surface area contributed by atoms with Gasteiger partial charge < -0.3 is 4.52 Å². The molecule has 1 aliphatic rings. The molecule has 2 rings (SSSR count). The molecule has 1 fully saturated rings. The van der Waals surface area contributed by atoms with Crippen LogP contribution in [0.5, 0.6) is 0 Å². The van der Waals surface area contributed by atoms with Gasteiger partial charge in [0.15, 0.2) is 5.82 Å². The zero-order valence-corrected chi connectivity index (χ0v) is 8.49. The number of hydrogen-bond acceptors (Lipinski definition) is 4. The molecule has 4 heteroatoms. The molecule has 76 valence electrons. The van der Waals surface area contributed by atoms with Gasteiger partial charge in [-0.1, -0.05) is 17.3 Å². The Kier molecular flexibility index (Phi) is 2.63. The normalized spacial score (nSPS) is 18.8. The lowest BCUT2D eigenvalue weighted by Crippen LogP contribution is -2.30. The van der Waals surface area contributed by atoms with Crippen LogP contribution in [0.15, 0.2) is 16.7 Å². The number of aryl methyl sites for hydroxylation is 1. The van der Waals surface area contributed by atoms with E-state index in [0.29, 0.717) is 5.89 Å². The van der Waals surface area contributed by atoms with Crippen molar-refractivity contribution in [3.63, 3.8) is 0 Å². The van der Waals surface area contributed by atoms with Crippen molar-refractivity contribution in [2.24, 2.45) is 0 Å². The molecular weight excluding hydrogens is 178 g/mol. The first-order valence-electron chi connectivity index (χ1n) is 4.92. The summed E-state index contributed by atoms with van der Waals surface area (Å²) in [5.41, 5.74) is 1.35. The van der Waals surface area contributed by atoms with Crippen molar-refractivity contribution in [2.45, 2.75) is 26.3 Å². The van der Waals surface area contributed by atoms with Crippen molar-refractivity contribution in [3.05, 3.63) is 23.9 Å². The van der Waals surface area contributed by atoms with Gasteiger partial charge in [0.05, 0.1) is 6.54 Å². The second-order valence-corrected chi connectivity index (χ2v) is 3.76. The summed E-state index contributed by atoms with van der Waals surface area (Å²) >= 11 is 0. The van der Waals surface area contributed by atoms with Gasteiger partial charge in [0.1, 0.15) is 0 Å². The SMILES string of the molecule is C=C1CCN(Cc2noc(C)n2)CC1. The highest BCUT2D eigenvalue weighted by Gasteiger charge is 2.14. The van der Waals surface area contributed by atoms with Crippen LogP contribution in [-0.2, 0) is 6.54 Å². The average Bonchev–Trinajstić information content (AvgIpc) is 2.56. The lowest BCUT2D eigenvalue weighted by molar-refractivity contribution is 0.238. The van der Waals surface area contributed by atoms with Crippen molar-refractivity contribution in [1.29, 1.82) is 0 Å². The topological polar surface area (TPSA) is 42.2 Å². The van der Waals surface area contributed by atoms with Crippen molar-refractivity contribution in [1.82, 2.24) is 15.0 Å². The summed E-state index contributed by atoms with van der Waals surface area (Å²) in [7, 11) is 0. The van der Waals surface area contributed by atoms with Crippen LogP contribution < -0.4 is 0 Å². The maximum Gasteiger partial charge on any atom is 0.223 e. The minimum absolute atomic E-state index is 0.640. The van der Waals surface area contributed by atoms with E-state index in [1.807, 2.05) is 6.92 Å². The smallest absolute Gasteiger partial charge is 0.223 e. The standard InChI is InChI=1S/C10H15N3O/c1-8-3-5-13(6-4-8)7-10-11-9(2)14-12-10/h1,3-7H2,2H3. The lowest BCUT2D eigenvalue weighted by atomic mass is 10.1. The van der Waals surface area contributed by atoms with Gasteiger partial charge in [0.2, 0.25) is 5.89 Å². The van der Waals surface area contributed by atoms with E-state index in [-0.39, 0.29) is 0 Å². The number of likely N-dealkylation sites (tertiary alicyclic amines) is 1. The highest BCUT2D eigenvalue weighted by molar-refractivity contribution is 4.99. The van der Waals surface area contributed by atoms with Crippen LogP contribution in [-0.4, -0.2) is 28.1 Å². The Labute approximate surface area is 83.6 Å². The van der Waals surface area contributed by atoms with Gasteiger partial charge in [-0.2, -0.15) is 4.98 Å². The summed E-state index contributed by atoms with van der Waals surface area (Å²) in [5, 5.41) is 3.88. The van der Waals surface area contributed by atoms with Crippen molar-refractivity contribution in [2.75, 3.05) is 13.1 Å². The van der Waals surface area contributed by atoms with Crippen LogP contribution in [0.3, 0.4) is 0 Å². The third-order valence-electron chi connectivity index (χ3n) is 2.50. The maximum absolute atomic E-state index is 4.92. The van der Waals surface area contributed by atoms with Crippen LogP contribution in [0.2, 0.25) is 0 Å². The number of aromatic nitrogens is 2. The third-order valence-corrected chi connectivity index (χ3v) is 2.50. The maximum atomic E-state index is 4.92. The predicted molar refractivity (Wildman–Crippen MR) is 52.7 cm³/mol. The van der Waals surface area contributed by atoms with E-state index in [2.05, 4.69) is 21.6 Å². The van der Waals surface area contributed by atoms with E-state index in [0.717, 1.165) is 38.3 Å². The number of hydrogen-bond donors (Lipinski definition) is 0. The minimum Gasteiger partial charge on any atom is -0.340 e. The molecule has 0 radical (unpaired) electrons. The molecule has 0 atom stereocenters. The fraction of sp³-hybridized carbons (Fsp3) is 0.600. The molecule has 2 heterocycles. The predicted octanol–water partition coefficient (Wildman–Crippen LogP) is 1.53. The summed E-state index contributed by atoms with van der Waals surface area (Å²) in [6.45, 7) is 8.72. The van der Waals surface area contributed by atoms with Crippen molar-refractivity contribution < 1.29 is 4.52 Å². The van der Waals surface area contributed by atoms with E-state index >= 15 is 0 Å². The molecule has 14 heavy (non-hydrogen) atoms. The Balaban J connectivity index is 1.89. The third kappa shape index (κ3) is 2.20. The molecule has 0 saturated carbocycles. The van der Waals surface area contributed by atoms with Crippen LogP contribution in [0.25, 0.3) is 0 Å². The van der Waals surface area contributed by atoms with E-state index < -0.39 is 0 Å². The van der Waals surface area contributed by atoms with E-state index in [1.165, 1.54) is 5.57 Å². The number of nitrogens with zero attached hydrogens (tertiary/aromatic N) is 3. The molecule has 1 aromatic rings. The molecule has 1 saturated heterocycles. The molecule has 0 N–H and O–H groups in total. The molecule has 0 unspecified atom stereocenters. The van der Waals surface area contributed by atoms with E-state index in [1.54, 1.807) is 0 Å². The van der Waals surface area contributed by atoms with Gasteiger partial charge >= 0.3 is 0 Å². The summed E-state index contributed by atoms with van der Waals surface area (Å²) in [5.74, 6) is 1.43. The monoisotopic (exact) mass is 193 g/mol. The first-order valence-corrected chi connectivity index (χ1v) is 4.92. The Bertz CT molecular complexity index is 322. The molecule has 0 aromatic carbocycles. The Hall–Kier alpha value is -1.16. The average molecular weight is 193 g/mol. The molecule has 1 aliphatic heterocycles. The Morgan fingerprint density at radius 3 is 2.71 bits per heavy atom. The molecule has 4 nitrogen and oxygen atoms in total. The first kappa shape index (κ1) is 9.40. The van der Waals surface area contributed by atoms with Crippen LogP contribution in [0, 0.1) is 6.92 Å². The zero-order valence-electron chi connectivity index (χ0n) is 8.49. The number of piperidine rings is 1. The molecule has 0 amide bonds. The van der Waals surface area contributed by atoms with Gasteiger partial charge in [-0.05, 0) is 12.8 Å². The molecule has 0 spiro atoms. The summed E-state index contributed by atoms with van der Waals surface area (Å²) in [6, 6.07) is 0. The quantitative estimate of drug-likeness (QED) is 0.668. The van der Waals surface area contributed by atoms with Crippen molar-refractivity contribution in [3.8, 4) is 0 Å². The first-order chi connectivity index (χ1) is 6.74. The summed E-state index contributed by atoms with van der Waals surface area (Å²) < 4.78 is 4.92. The Morgan fingerprint density at radius 1 is 1.43 bits per heavy atom. The van der Waals surface area contributed by atoms with Crippen LogP contribution in [0.4, 0.5) is 0 Å². The fourth-order valence-electron chi connectivity index (χ4n) is 1.63. The Morgan fingerprint density at radius 2 is 2.14 bits per heavy atom. The van der Waals surface area contributed by atoms with E-state index in [4.69, 9.17) is 4.52 Å². The highest BCUT2D eigenvalue weighted by atomic mass is 16.5. The lowest BCUT2D eigenvalue weighted by Gasteiger charge is -2.26. The second kappa shape index (κ2) is 3.92. The van der Waals surface area contributed by atoms with Crippen LogP contribution in [0.1, 0.15) is 24.6 Å². The molecule has 0 aliphatic carbocycles. The largest absolute Gasteiger partial charge is 0.340 e. The zero-order chi connectivity index (χ0) is 9.97. The van der Waals surface area contributed by atoms with Gasteiger partial charge in [0, 0.05) is 20.0 Å². The van der Waals surface area contributed by atoms with Gasteiger partial charge in [-0.15, -0.1) is 0 Å². The van der Waals surface area contributed by atoms with Gasteiger partial charge in [0.25, 0.3) is 0 Å². The minimum atomic E-state index is 0.640. The van der Waals surface area contributed by atoms with Gasteiger partial charge in [-0.3, -0.25) is 4.90 Å². The summed E-state index contributed by atoms with van der Waals surface area (Å²) in [6.07, 6.45) is 2.19. The number of rotatable bonds is 2. The molecule has 0 bridgehead atoms. The highest BCUT2D eigenvalue weighted by Crippen LogP contribution is 2.15. The summed E-state index contributed by atoms with van der Waals surface area (Å²) in [4.78, 5) is 6.51. The fourth-order valence-corrected chi connectivity index (χ4v) is 1.63. The molecule has 1 aromatic heterocycles. The van der Waals surface area contributed by atoms with E-state index in [9.17, 15) is 0 Å². The van der Waals surface area contributed by atoms with Crippen molar-refractivity contribution >= 4 is 0 Å². The molecular formula is C10H15N3O. The van der Waals surface area contributed by atoms with Gasteiger partial charge in [-0.25, -0.2) is 0 Å². The second-order valence-electron chi connectivity index (χ2n) is 3.76. The van der Waals surface area contributed by atoms with Crippen LogP contribution >= 0.6 is 0 Å².